The number of rotatable bonds is 9. The Morgan fingerprint density at radius 3 is 2.26 bits per heavy atom. The van der Waals surface area contributed by atoms with Gasteiger partial charge in [0.15, 0.2) is 0 Å². The number of hydrogen-bond donors (Lipinski definition) is 2. The highest BCUT2D eigenvalue weighted by atomic mass is 31.2. The zero-order valence-electron chi connectivity index (χ0n) is 24.3. The van der Waals surface area contributed by atoms with Crippen LogP contribution in [-0.4, -0.2) is 50.2 Å². The van der Waals surface area contributed by atoms with E-state index in [0.29, 0.717) is 27.8 Å². The van der Waals surface area contributed by atoms with Gasteiger partial charge in [-0.05, 0) is 81.1 Å². The third-order valence-electron chi connectivity index (χ3n) is 7.41. The first-order valence-corrected chi connectivity index (χ1v) is 15.9. The Labute approximate surface area is 247 Å². The van der Waals surface area contributed by atoms with Crippen LogP contribution in [0, 0.1) is 0 Å². The fourth-order valence-electron chi connectivity index (χ4n) is 5.30. The summed E-state index contributed by atoms with van der Waals surface area (Å²) < 4.78 is 24.7. The highest BCUT2D eigenvalue weighted by molar-refractivity contribution is 7.62. The minimum absolute atomic E-state index is 0.00562. The molecule has 3 aromatic rings. The van der Waals surface area contributed by atoms with Crippen LogP contribution >= 0.6 is 7.60 Å². The van der Waals surface area contributed by atoms with Crippen molar-refractivity contribution in [2.24, 2.45) is 0 Å². The van der Waals surface area contributed by atoms with Crippen LogP contribution in [0.5, 0.6) is 0 Å². The third-order valence-corrected chi connectivity index (χ3v) is 9.52. The molecule has 9 nitrogen and oxygen atoms in total. The molecule has 2 N–H and O–H groups in total. The lowest BCUT2D eigenvalue weighted by molar-refractivity contribution is -0.110. The van der Waals surface area contributed by atoms with E-state index in [2.05, 4.69) is 10.6 Å². The second kappa shape index (κ2) is 12.9. The van der Waals surface area contributed by atoms with Crippen molar-refractivity contribution in [1.82, 2.24) is 4.90 Å². The number of nitrogens with one attached hydrogen (secondary N) is 2. The maximum atomic E-state index is 13.6. The molecule has 42 heavy (non-hydrogen) atoms. The van der Waals surface area contributed by atoms with Gasteiger partial charge in [-0.3, -0.25) is 14.3 Å². The second-order valence-corrected chi connectivity index (χ2v) is 12.2. The molecule has 0 aromatic heterocycles. The van der Waals surface area contributed by atoms with Crippen molar-refractivity contribution in [2.45, 2.75) is 33.1 Å². The first-order chi connectivity index (χ1) is 20.3. The van der Waals surface area contributed by atoms with Gasteiger partial charge in [0.2, 0.25) is 0 Å². The third kappa shape index (κ3) is 6.14. The lowest BCUT2D eigenvalue weighted by atomic mass is 10.00. The van der Waals surface area contributed by atoms with Crippen LogP contribution in [0.2, 0.25) is 0 Å². The molecule has 2 aliphatic heterocycles. The summed E-state index contributed by atoms with van der Waals surface area (Å²) >= 11 is 0. The van der Waals surface area contributed by atoms with E-state index in [1.807, 2.05) is 59.5 Å². The van der Waals surface area contributed by atoms with Crippen LogP contribution in [0.25, 0.3) is 11.3 Å². The summed E-state index contributed by atoms with van der Waals surface area (Å²) in [4.78, 5) is 30.0. The van der Waals surface area contributed by atoms with E-state index < -0.39 is 7.60 Å². The topological polar surface area (TPSA) is 100 Å². The van der Waals surface area contributed by atoms with Crippen molar-refractivity contribution in [3.63, 3.8) is 0 Å². The summed E-state index contributed by atoms with van der Waals surface area (Å²) in [5.74, 6) is -0.278. The molecule has 2 aliphatic rings. The number of nitrogens with zero attached hydrogens (tertiary/aromatic N) is 2. The van der Waals surface area contributed by atoms with E-state index >= 15 is 0 Å². The smallest absolute Gasteiger partial charge is 0.354 e. The van der Waals surface area contributed by atoms with Gasteiger partial charge in [0.1, 0.15) is 0 Å². The van der Waals surface area contributed by atoms with Gasteiger partial charge in [0.05, 0.1) is 29.8 Å². The van der Waals surface area contributed by atoms with Crippen LogP contribution < -0.4 is 20.8 Å². The van der Waals surface area contributed by atoms with Crippen molar-refractivity contribution < 1.29 is 23.2 Å². The monoisotopic (exact) mass is 588 g/mol. The maximum Gasteiger partial charge on any atom is 0.361 e. The lowest BCUT2D eigenvalue weighted by Crippen LogP contribution is -2.43. The maximum absolute atomic E-state index is 13.6. The molecule has 0 radical (unpaired) electrons. The van der Waals surface area contributed by atoms with Crippen molar-refractivity contribution in [3.05, 3.63) is 83.9 Å². The molecule has 0 saturated carbocycles. The Hall–Kier alpha value is -3.91. The molecule has 220 valence electrons. The van der Waals surface area contributed by atoms with Gasteiger partial charge in [-0.15, -0.1) is 0 Å². The molecule has 3 aromatic carbocycles. The van der Waals surface area contributed by atoms with E-state index in [9.17, 15) is 14.2 Å². The number of anilines is 3. The van der Waals surface area contributed by atoms with Gasteiger partial charge in [-0.1, -0.05) is 30.3 Å². The molecule has 0 spiro atoms. The molecule has 1 fully saturated rings. The predicted octanol–water partition coefficient (Wildman–Crippen LogP) is 6.55. The molecule has 3 amide bonds. The predicted molar refractivity (Wildman–Crippen MR) is 168 cm³/mol. The molecule has 0 aliphatic carbocycles. The minimum Gasteiger partial charge on any atom is -0.354 e. The second-order valence-electron chi connectivity index (χ2n) is 10.2. The van der Waals surface area contributed by atoms with Gasteiger partial charge in [-0.2, -0.15) is 0 Å². The summed E-state index contributed by atoms with van der Waals surface area (Å²) in [6.07, 6.45) is 3.23. The molecule has 0 unspecified atom stereocenters. The number of urea groups is 1. The van der Waals surface area contributed by atoms with Crippen LogP contribution in [0.1, 0.15) is 44.2 Å². The van der Waals surface area contributed by atoms with E-state index in [4.69, 9.17) is 9.05 Å². The molecular formula is C32H37N4O5P. The summed E-state index contributed by atoms with van der Waals surface area (Å²) in [6.45, 7) is 5.54. The Kier molecular flexibility index (Phi) is 9.12. The highest BCUT2D eigenvalue weighted by Gasteiger charge is 2.33. The van der Waals surface area contributed by atoms with Crippen LogP contribution in [0.3, 0.4) is 0 Å². The number of carbonyl (C=O) groups excluding carboxylic acids is 2. The number of likely N-dealkylation sites (tertiary alicyclic amines) is 1. The molecular weight excluding hydrogens is 551 g/mol. The first kappa shape index (κ1) is 29.6. The largest absolute Gasteiger partial charge is 0.361 e. The quantitative estimate of drug-likeness (QED) is 0.217. The van der Waals surface area contributed by atoms with Gasteiger partial charge in [0.25, 0.3) is 5.91 Å². The van der Waals surface area contributed by atoms with E-state index in [1.165, 1.54) is 0 Å². The zero-order chi connectivity index (χ0) is 29.7. The standard InChI is InChI=1S/C32H37N4O5P/c1-4-40-42(39,41-5-2)26-18-19-28-27(22-26)29(31(37)34-28)30(23-12-8-6-9-13-23)33-24-14-16-25(17-15-24)35(3)32(38)36-20-10-7-11-21-36/h6,8-9,12-19,22,33H,4-5,7,10-11,20-21H2,1-3H3,(H,34,37). The molecule has 1 saturated heterocycles. The Morgan fingerprint density at radius 2 is 1.62 bits per heavy atom. The van der Waals surface area contributed by atoms with Crippen LogP contribution in [0.15, 0.2) is 72.8 Å². The molecule has 2 heterocycles. The van der Waals surface area contributed by atoms with E-state index in [1.54, 1.807) is 44.0 Å². The molecule has 5 rings (SSSR count). The summed E-state index contributed by atoms with van der Waals surface area (Å²) in [6, 6.07) is 22.2. The Morgan fingerprint density at radius 1 is 0.952 bits per heavy atom. The average molecular weight is 589 g/mol. The van der Waals surface area contributed by atoms with Gasteiger partial charge in [0, 0.05) is 42.8 Å². The number of fused-ring (bicyclic) bond motifs is 1. The summed E-state index contributed by atoms with van der Waals surface area (Å²) in [5.41, 5.74) is 4.56. The van der Waals surface area contributed by atoms with Gasteiger partial charge >= 0.3 is 13.6 Å². The Balaban J connectivity index is 1.51. The first-order valence-electron chi connectivity index (χ1n) is 14.4. The van der Waals surface area contributed by atoms with Gasteiger partial charge in [-0.25, -0.2) is 4.79 Å². The van der Waals surface area contributed by atoms with Crippen LogP contribution in [-0.2, 0) is 18.4 Å². The number of carbonyl (C=O) groups is 2. The molecule has 10 heteroatoms. The Bertz CT molecular complexity index is 1510. The number of amides is 3. The molecule has 0 bridgehead atoms. The van der Waals surface area contributed by atoms with Crippen molar-refractivity contribution in [1.29, 1.82) is 0 Å². The summed E-state index contributed by atoms with van der Waals surface area (Å²) in [7, 11) is -1.78. The number of benzene rings is 3. The fraction of sp³-hybridized carbons (Fsp3) is 0.312. The van der Waals surface area contributed by atoms with E-state index in [-0.39, 0.29) is 25.2 Å². The number of piperidine rings is 1. The normalized spacial score (nSPS) is 16.1. The zero-order valence-corrected chi connectivity index (χ0v) is 25.2. The van der Waals surface area contributed by atoms with Crippen LogP contribution in [0.4, 0.5) is 21.9 Å². The van der Waals surface area contributed by atoms with Gasteiger partial charge < -0.3 is 24.6 Å². The van der Waals surface area contributed by atoms with Crippen molar-refractivity contribution in [3.8, 4) is 0 Å². The van der Waals surface area contributed by atoms with Crippen molar-refractivity contribution in [2.75, 3.05) is 48.9 Å². The lowest BCUT2D eigenvalue weighted by Gasteiger charge is -2.31. The SMILES string of the molecule is CCOP(=O)(OCC)c1ccc2c(c1)C(=C(Nc1ccc(N(C)C(=O)N3CCCCC3)cc1)c1ccccc1)C(=O)N2. The highest BCUT2D eigenvalue weighted by Crippen LogP contribution is 2.48. The fourth-order valence-corrected chi connectivity index (χ4v) is 6.90. The molecule has 0 atom stereocenters. The van der Waals surface area contributed by atoms with Crippen molar-refractivity contribution >= 4 is 53.2 Å². The minimum atomic E-state index is -3.57. The van der Waals surface area contributed by atoms with E-state index in [0.717, 1.165) is 49.3 Å². The number of hydrogen-bond acceptors (Lipinski definition) is 6. The summed E-state index contributed by atoms with van der Waals surface area (Å²) in [5, 5.41) is 6.77. The average Bonchev–Trinajstić information content (AvgIpc) is 3.35.